The van der Waals surface area contributed by atoms with E-state index in [4.69, 9.17) is 14.2 Å². The molecule has 2 aromatic carbocycles. The second-order valence-electron chi connectivity index (χ2n) is 6.48. The fourth-order valence-electron chi connectivity index (χ4n) is 2.70. The van der Waals surface area contributed by atoms with Crippen LogP contribution in [0.15, 0.2) is 42.5 Å². The normalized spacial score (nSPS) is 13.2. The average molecular weight is 370 g/mol. The van der Waals surface area contributed by atoms with E-state index in [1.165, 1.54) is 0 Å². The van der Waals surface area contributed by atoms with Crippen LogP contribution in [0.2, 0.25) is 0 Å². The standard InChI is InChI=1S/C20H22N2O5/c1-12(2)18(22-19(23)13-4-7-15(25-3)8-5-13)20(24)21-14-6-9-16-17(10-14)27-11-26-16/h4-10,12,18H,11H2,1-3H3,(H,21,24)(H,22,23)/t18-/m1/s1. The van der Waals surface area contributed by atoms with Gasteiger partial charge < -0.3 is 24.8 Å². The molecule has 0 radical (unpaired) electrons. The van der Waals surface area contributed by atoms with Gasteiger partial charge in [0, 0.05) is 17.3 Å². The molecule has 7 heteroatoms. The van der Waals surface area contributed by atoms with Gasteiger partial charge in [-0.15, -0.1) is 0 Å². The number of carbonyl (C=O) groups is 2. The number of ether oxygens (including phenoxy) is 3. The third-order valence-corrected chi connectivity index (χ3v) is 4.23. The van der Waals surface area contributed by atoms with Gasteiger partial charge in [0.2, 0.25) is 12.7 Å². The molecule has 3 rings (SSSR count). The molecule has 0 saturated carbocycles. The summed E-state index contributed by atoms with van der Waals surface area (Å²) in [4.78, 5) is 25.2. The van der Waals surface area contributed by atoms with Crippen LogP contribution in [0.5, 0.6) is 17.2 Å². The Morgan fingerprint density at radius 3 is 2.41 bits per heavy atom. The summed E-state index contributed by atoms with van der Waals surface area (Å²) in [5, 5.41) is 5.61. The minimum Gasteiger partial charge on any atom is -0.497 e. The van der Waals surface area contributed by atoms with E-state index in [2.05, 4.69) is 10.6 Å². The summed E-state index contributed by atoms with van der Waals surface area (Å²) < 4.78 is 15.7. The Kier molecular flexibility index (Phi) is 5.49. The van der Waals surface area contributed by atoms with E-state index in [0.29, 0.717) is 28.5 Å². The predicted molar refractivity (Wildman–Crippen MR) is 100 cm³/mol. The molecule has 0 spiro atoms. The molecule has 1 atom stereocenters. The minimum absolute atomic E-state index is 0.0961. The molecule has 1 aliphatic heterocycles. The lowest BCUT2D eigenvalue weighted by Crippen LogP contribution is -2.47. The number of nitrogens with one attached hydrogen (secondary N) is 2. The Labute approximate surface area is 157 Å². The number of rotatable bonds is 6. The summed E-state index contributed by atoms with van der Waals surface area (Å²) in [7, 11) is 1.56. The summed E-state index contributed by atoms with van der Waals surface area (Å²) in [6, 6.07) is 11.2. The molecule has 2 aromatic rings. The van der Waals surface area contributed by atoms with E-state index in [9.17, 15) is 9.59 Å². The highest BCUT2D eigenvalue weighted by atomic mass is 16.7. The number of anilines is 1. The molecule has 1 aliphatic rings. The molecular formula is C20H22N2O5. The lowest BCUT2D eigenvalue weighted by atomic mass is 10.0. The Morgan fingerprint density at radius 1 is 1.04 bits per heavy atom. The molecule has 2 amide bonds. The van der Waals surface area contributed by atoms with Gasteiger partial charge in [-0.25, -0.2) is 0 Å². The van der Waals surface area contributed by atoms with E-state index >= 15 is 0 Å². The van der Waals surface area contributed by atoms with Crippen molar-refractivity contribution in [1.29, 1.82) is 0 Å². The zero-order chi connectivity index (χ0) is 19.4. The number of amides is 2. The first kappa shape index (κ1) is 18.6. The fourth-order valence-corrected chi connectivity index (χ4v) is 2.70. The highest BCUT2D eigenvalue weighted by Gasteiger charge is 2.25. The Morgan fingerprint density at radius 2 is 1.74 bits per heavy atom. The van der Waals surface area contributed by atoms with Crippen molar-refractivity contribution in [3.8, 4) is 17.2 Å². The van der Waals surface area contributed by atoms with Crippen LogP contribution in [-0.2, 0) is 4.79 Å². The Bertz CT molecular complexity index is 833. The SMILES string of the molecule is COc1ccc(C(=O)N[C@@H](C(=O)Nc2ccc3c(c2)OCO3)C(C)C)cc1. The monoisotopic (exact) mass is 370 g/mol. The van der Waals surface area contributed by atoms with Crippen LogP contribution in [0.1, 0.15) is 24.2 Å². The van der Waals surface area contributed by atoms with Crippen LogP contribution in [0, 0.1) is 5.92 Å². The van der Waals surface area contributed by atoms with Gasteiger partial charge in [-0.1, -0.05) is 13.8 Å². The topological polar surface area (TPSA) is 85.9 Å². The molecule has 27 heavy (non-hydrogen) atoms. The van der Waals surface area contributed by atoms with Gasteiger partial charge in [-0.2, -0.15) is 0 Å². The Balaban J connectivity index is 1.68. The van der Waals surface area contributed by atoms with Crippen molar-refractivity contribution in [1.82, 2.24) is 5.32 Å². The van der Waals surface area contributed by atoms with Crippen LogP contribution in [0.3, 0.4) is 0 Å². The van der Waals surface area contributed by atoms with Crippen molar-refractivity contribution in [2.75, 3.05) is 19.2 Å². The molecule has 0 bridgehead atoms. The van der Waals surface area contributed by atoms with Crippen LogP contribution in [0.4, 0.5) is 5.69 Å². The molecule has 2 N–H and O–H groups in total. The first-order chi connectivity index (χ1) is 13.0. The molecule has 0 aromatic heterocycles. The van der Waals surface area contributed by atoms with E-state index in [1.807, 2.05) is 13.8 Å². The first-order valence-electron chi connectivity index (χ1n) is 8.63. The Hall–Kier alpha value is -3.22. The maximum absolute atomic E-state index is 12.7. The third-order valence-electron chi connectivity index (χ3n) is 4.23. The van der Waals surface area contributed by atoms with Crippen molar-refractivity contribution in [2.24, 2.45) is 5.92 Å². The van der Waals surface area contributed by atoms with Gasteiger partial charge in [0.15, 0.2) is 11.5 Å². The maximum Gasteiger partial charge on any atom is 0.251 e. The van der Waals surface area contributed by atoms with Crippen LogP contribution in [-0.4, -0.2) is 31.8 Å². The lowest BCUT2D eigenvalue weighted by molar-refractivity contribution is -0.118. The van der Waals surface area contributed by atoms with Crippen molar-refractivity contribution >= 4 is 17.5 Å². The predicted octanol–water partition coefficient (Wildman–Crippen LogP) is 2.82. The molecule has 142 valence electrons. The average Bonchev–Trinajstić information content (AvgIpc) is 3.13. The van der Waals surface area contributed by atoms with E-state index < -0.39 is 6.04 Å². The number of benzene rings is 2. The van der Waals surface area contributed by atoms with Gasteiger partial charge in [0.1, 0.15) is 11.8 Å². The number of fused-ring (bicyclic) bond motifs is 1. The van der Waals surface area contributed by atoms with E-state index in [1.54, 1.807) is 49.6 Å². The summed E-state index contributed by atoms with van der Waals surface area (Å²) in [6.45, 7) is 3.91. The molecule has 0 aliphatic carbocycles. The second kappa shape index (κ2) is 7.99. The van der Waals surface area contributed by atoms with Crippen molar-refractivity contribution in [3.05, 3.63) is 48.0 Å². The van der Waals surface area contributed by atoms with E-state index in [0.717, 1.165) is 0 Å². The minimum atomic E-state index is -0.690. The maximum atomic E-state index is 12.7. The summed E-state index contributed by atoms with van der Waals surface area (Å²) in [5.74, 6) is 1.16. The van der Waals surface area contributed by atoms with Crippen LogP contribution >= 0.6 is 0 Å². The molecule has 0 fully saturated rings. The zero-order valence-corrected chi connectivity index (χ0v) is 15.4. The van der Waals surface area contributed by atoms with Gasteiger partial charge in [-0.3, -0.25) is 9.59 Å². The van der Waals surface area contributed by atoms with Crippen LogP contribution < -0.4 is 24.8 Å². The lowest BCUT2D eigenvalue weighted by Gasteiger charge is -2.22. The van der Waals surface area contributed by atoms with Crippen molar-refractivity contribution < 1.29 is 23.8 Å². The molecule has 0 unspecified atom stereocenters. The number of hydrogen-bond acceptors (Lipinski definition) is 5. The fraction of sp³-hybridized carbons (Fsp3) is 0.300. The molecule has 1 heterocycles. The van der Waals surface area contributed by atoms with Gasteiger partial charge in [0.05, 0.1) is 7.11 Å². The smallest absolute Gasteiger partial charge is 0.251 e. The second-order valence-corrected chi connectivity index (χ2v) is 6.48. The highest BCUT2D eigenvalue weighted by Crippen LogP contribution is 2.34. The van der Waals surface area contributed by atoms with Gasteiger partial charge in [0.25, 0.3) is 5.91 Å². The molecule has 7 nitrogen and oxygen atoms in total. The third kappa shape index (κ3) is 4.31. The number of carbonyl (C=O) groups excluding carboxylic acids is 2. The number of hydrogen-bond donors (Lipinski definition) is 2. The van der Waals surface area contributed by atoms with Gasteiger partial charge in [-0.05, 0) is 42.3 Å². The van der Waals surface area contributed by atoms with Gasteiger partial charge >= 0.3 is 0 Å². The highest BCUT2D eigenvalue weighted by molar-refractivity contribution is 6.01. The van der Waals surface area contributed by atoms with E-state index in [-0.39, 0.29) is 24.5 Å². The number of methoxy groups -OCH3 is 1. The summed E-state index contributed by atoms with van der Waals surface area (Å²) in [6.07, 6.45) is 0. The van der Waals surface area contributed by atoms with Crippen molar-refractivity contribution in [2.45, 2.75) is 19.9 Å². The van der Waals surface area contributed by atoms with Crippen molar-refractivity contribution in [3.63, 3.8) is 0 Å². The quantitative estimate of drug-likeness (QED) is 0.817. The molecule has 0 saturated heterocycles. The van der Waals surface area contributed by atoms with Crippen LogP contribution in [0.25, 0.3) is 0 Å². The summed E-state index contributed by atoms with van der Waals surface area (Å²) in [5.41, 5.74) is 1.03. The largest absolute Gasteiger partial charge is 0.497 e. The molecular weight excluding hydrogens is 348 g/mol. The summed E-state index contributed by atoms with van der Waals surface area (Å²) >= 11 is 0. The zero-order valence-electron chi connectivity index (χ0n) is 15.4. The first-order valence-corrected chi connectivity index (χ1v) is 8.63.